The lowest BCUT2D eigenvalue weighted by molar-refractivity contribution is 0.0529. The van der Waals surface area contributed by atoms with Gasteiger partial charge in [0.05, 0.1) is 0 Å². The molecule has 23 heavy (non-hydrogen) atoms. The monoisotopic (exact) mass is 314 g/mol. The number of ether oxygens (including phenoxy) is 1. The van der Waals surface area contributed by atoms with Crippen LogP contribution >= 0.6 is 0 Å². The van der Waals surface area contributed by atoms with E-state index in [0.717, 1.165) is 11.1 Å². The molecule has 1 aromatic carbocycles. The number of benzene rings is 1. The Balaban J connectivity index is 1.87. The Kier molecular flexibility index (Phi) is 5.21. The second-order valence-corrected chi connectivity index (χ2v) is 6.27. The predicted molar refractivity (Wildman–Crippen MR) is 92.5 cm³/mol. The average molecular weight is 314 g/mol. The molecule has 122 valence electrons. The standard InChI is InChI=1S/C18H22N2O3/c1-18(2,3)23-17(22)20-10-5-4-6-13-7-8-14-15(12-13)19-11-9-16(14)21/h4,6-9,11-12H,5,10H2,1-3H3,(H,19,21)(H,20,22). The van der Waals surface area contributed by atoms with Crippen molar-refractivity contribution in [1.82, 2.24) is 10.3 Å². The number of fused-ring (bicyclic) bond motifs is 1. The van der Waals surface area contributed by atoms with Gasteiger partial charge in [-0.25, -0.2) is 4.79 Å². The molecule has 0 bridgehead atoms. The molecule has 1 aromatic heterocycles. The molecule has 2 aromatic rings. The van der Waals surface area contributed by atoms with Gasteiger partial charge in [0.2, 0.25) is 0 Å². The number of hydrogen-bond acceptors (Lipinski definition) is 3. The van der Waals surface area contributed by atoms with Crippen LogP contribution in [-0.2, 0) is 4.74 Å². The van der Waals surface area contributed by atoms with Crippen molar-refractivity contribution in [2.24, 2.45) is 0 Å². The molecule has 1 heterocycles. The van der Waals surface area contributed by atoms with E-state index in [1.165, 1.54) is 6.07 Å². The Bertz CT molecular complexity index is 770. The fourth-order valence-electron chi connectivity index (χ4n) is 2.09. The number of rotatable bonds is 4. The summed E-state index contributed by atoms with van der Waals surface area (Å²) < 4.78 is 5.15. The third-order valence-corrected chi connectivity index (χ3v) is 3.07. The molecular formula is C18H22N2O3. The van der Waals surface area contributed by atoms with Gasteiger partial charge in [-0.2, -0.15) is 0 Å². The molecule has 0 saturated heterocycles. The quantitative estimate of drug-likeness (QED) is 0.849. The number of hydrogen-bond donors (Lipinski definition) is 2. The van der Waals surface area contributed by atoms with Crippen LogP contribution in [0.3, 0.4) is 0 Å². The minimum Gasteiger partial charge on any atom is -0.444 e. The molecule has 0 unspecified atom stereocenters. The van der Waals surface area contributed by atoms with Gasteiger partial charge in [0.1, 0.15) is 5.60 Å². The Hall–Kier alpha value is -2.56. The summed E-state index contributed by atoms with van der Waals surface area (Å²) in [5.41, 5.74) is 1.33. The number of alkyl carbamates (subject to hydrolysis) is 1. The van der Waals surface area contributed by atoms with Crippen LogP contribution in [0.2, 0.25) is 0 Å². The van der Waals surface area contributed by atoms with E-state index in [9.17, 15) is 9.59 Å². The molecule has 0 aliphatic heterocycles. The molecule has 1 amide bonds. The molecule has 2 N–H and O–H groups in total. The van der Waals surface area contributed by atoms with Gasteiger partial charge in [0.25, 0.3) is 0 Å². The molecule has 0 saturated carbocycles. The van der Waals surface area contributed by atoms with E-state index in [2.05, 4.69) is 10.3 Å². The molecule has 0 aliphatic rings. The molecule has 5 nitrogen and oxygen atoms in total. The Morgan fingerprint density at radius 1 is 1.30 bits per heavy atom. The van der Waals surface area contributed by atoms with Crippen molar-refractivity contribution in [3.63, 3.8) is 0 Å². The summed E-state index contributed by atoms with van der Waals surface area (Å²) >= 11 is 0. The van der Waals surface area contributed by atoms with E-state index in [1.54, 1.807) is 6.20 Å². The first-order chi connectivity index (χ1) is 10.8. The van der Waals surface area contributed by atoms with Gasteiger partial charge in [0.15, 0.2) is 5.43 Å². The largest absolute Gasteiger partial charge is 0.444 e. The lowest BCUT2D eigenvalue weighted by atomic mass is 10.1. The predicted octanol–water partition coefficient (Wildman–Crippen LogP) is 3.46. The lowest BCUT2D eigenvalue weighted by Gasteiger charge is -2.19. The first-order valence-electron chi connectivity index (χ1n) is 7.60. The van der Waals surface area contributed by atoms with Crippen molar-refractivity contribution < 1.29 is 9.53 Å². The average Bonchev–Trinajstić information content (AvgIpc) is 2.45. The van der Waals surface area contributed by atoms with Crippen molar-refractivity contribution in [2.45, 2.75) is 32.8 Å². The minimum absolute atomic E-state index is 0.0100. The van der Waals surface area contributed by atoms with E-state index in [1.807, 2.05) is 51.1 Å². The fraction of sp³-hybridized carbons (Fsp3) is 0.333. The van der Waals surface area contributed by atoms with Gasteiger partial charge in [-0.15, -0.1) is 0 Å². The fourth-order valence-corrected chi connectivity index (χ4v) is 2.09. The number of aromatic nitrogens is 1. The summed E-state index contributed by atoms with van der Waals surface area (Å²) in [6, 6.07) is 7.15. The smallest absolute Gasteiger partial charge is 0.407 e. The highest BCUT2D eigenvalue weighted by molar-refractivity contribution is 5.80. The molecule has 0 aliphatic carbocycles. The summed E-state index contributed by atoms with van der Waals surface area (Å²) in [7, 11) is 0. The summed E-state index contributed by atoms with van der Waals surface area (Å²) in [4.78, 5) is 26.2. The summed E-state index contributed by atoms with van der Waals surface area (Å²) in [5, 5.41) is 3.38. The Labute approximate surface area is 135 Å². The third-order valence-electron chi connectivity index (χ3n) is 3.07. The van der Waals surface area contributed by atoms with Gasteiger partial charge < -0.3 is 15.0 Å². The molecule has 0 radical (unpaired) electrons. The van der Waals surface area contributed by atoms with Crippen LogP contribution in [0.4, 0.5) is 4.79 Å². The zero-order valence-corrected chi connectivity index (χ0v) is 13.7. The van der Waals surface area contributed by atoms with Crippen LogP contribution in [0.5, 0.6) is 0 Å². The summed E-state index contributed by atoms with van der Waals surface area (Å²) in [5.74, 6) is 0. The van der Waals surface area contributed by atoms with Crippen LogP contribution in [0.25, 0.3) is 17.0 Å². The number of nitrogens with one attached hydrogen (secondary N) is 2. The number of pyridine rings is 1. The number of aromatic amines is 1. The maximum atomic E-state index is 11.7. The molecule has 0 spiro atoms. The first-order valence-corrected chi connectivity index (χ1v) is 7.60. The zero-order valence-electron chi connectivity index (χ0n) is 13.7. The van der Waals surface area contributed by atoms with E-state index in [4.69, 9.17) is 4.74 Å². The van der Waals surface area contributed by atoms with Crippen LogP contribution in [0, 0.1) is 0 Å². The van der Waals surface area contributed by atoms with Gasteiger partial charge in [0, 0.05) is 29.7 Å². The van der Waals surface area contributed by atoms with E-state index in [0.29, 0.717) is 18.4 Å². The SMILES string of the molecule is CC(C)(C)OC(=O)NCCC=Cc1ccc2c(=O)cc[nH]c2c1. The normalized spacial score (nSPS) is 11.8. The van der Waals surface area contributed by atoms with Crippen LogP contribution in [0.1, 0.15) is 32.8 Å². The van der Waals surface area contributed by atoms with Gasteiger partial charge in [-0.05, 0) is 44.9 Å². The maximum Gasteiger partial charge on any atom is 0.407 e. The van der Waals surface area contributed by atoms with Crippen LogP contribution in [-0.4, -0.2) is 23.2 Å². The van der Waals surface area contributed by atoms with Crippen molar-refractivity contribution in [3.8, 4) is 0 Å². The van der Waals surface area contributed by atoms with Crippen molar-refractivity contribution in [2.75, 3.05) is 6.54 Å². The lowest BCUT2D eigenvalue weighted by Crippen LogP contribution is -2.32. The molecule has 0 atom stereocenters. The molecule has 0 fully saturated rings. The summed E-state index contributed by atoms with van der Waals surface area (Å²) in [6.07, 6.45) is 5.86. The number of carbonyl (C=O) groups excluding carboxylic acids is 1. The number of H-pyrrole nitrogens is 1. The van der Waals surface area contributed by atoms with Crippen molar-refractivity contribution in [1.29, 1.82) is 0 Å². The second-order valence-electron chi connectivity index (χ2n) is 6.27. The highest BCUT2D eigenvalue weighted by atomic mass is 16.6. The van der Waals surface area contributed by atoms with Crippen molar-refractivity contribution >= 4 is 23.1 Å². The summed E-state index contributed by atoms with van der Waals surface area (Å²) in [6.45, 7) is 6.00. The van der Waals surface area contributed by atoms with Crippen LogP contribution in [0.15, 0.2) is 41.3 Å². The number of amides is 1. The molecular weight excluding hydrogens is 292 g/mol. The topological polar surface area (TPSA) is 71.2 Å². The maximum absolute atomic E-state index is 11.7. The zero-order chi connectivity index (χ0) is 16.9. The molecule has 2 rings (SSSR count). The van der Waals surface area contributed by atoms with Crippen molar-refractivity contribution in [3.05, 3.63) is 52.3 Å². The van der Waals surface area contributed by atoms with E-state index in [-0.39, 0.29) is 5.43 Å². The van der Waals surface area contributed by atoms with E-state index < -0.39 is 11.7 Å². The van der Waals surface area contributed by atoms with Crippen LogP contribution < -0.4 is 10.7 Å². The highest BCUT2D eigenvalue weighted by Crippen LogP contribution is 2.11. The second kappa shape index (κ2) is 7.13. The number of carbonyl (C=O) groups is 1. The minimum atomic E-state index is -0.484. The van der Waals surface area contributed by atoms with Gasteiger partial charge >= 0.3 is 6.09 Å². The first kappa shape index (κ1) is 16.8. The third kappa shape index (κ3) is 5.29. The van der Waals surface area contributed by atoms with Gasteiger partial charge in [-0.1, -0.05) is 18.2 Å². The highest BCUT2D eigenvalue weighted by Gasteiger charge is 2.15. The molecule has 5 heteroatoms. The Morgan fingerprint density at radius 3 is 2.83 bits per heavy atom. The Morgan fingerprint density at radius 2 is 2.09 bits per heavy atom. The van der Waals surface area contributed by atoms with E-state index >= 15 is 0 Å². The van der Waals surface area contributed by atoms with Gasteiger partial charge in [-0.3, -0.25) is 4.79 Å².